The first-order valence-corrected chi connectivity index (χ1v) is 4.10. The molecule has 0 radical (unpaired) electrons. The number of hydrogen-bond donors (Lipinski definition) is 1. The van der Waals surface area contributed by atoms with Crippen molar-refractivity contribution < 1.29 is 4.79 Å². The second-order valence-corrected chi connectivity index (χ2v) is 3.04. The van der Waals surface area contributed by atoms with Crippen molar-refractivity contribution in [1.82, 2.24) is 14.7 Å². The molecule has 4 nitrogen and oxygen atoms in total. The summed E-state index contributed by atoms with van der Waals surface area (Å²) < 4.78 is 1.89. The fourth-order valence-electron chi connectivity index (χ4n) is 1.66. The van der Waals surface area contributed by atoms with Gasteiger partial charge in [-0.25, -0.2) is 4.98 Å². The molecule has 0 fully saturated rings. The van der Waals surface area contributed by atoms with Crippen molar-refractivity contribution in [2.24, 2.45) is 0 Å². The van der Waals surface area contributed by atoms with Gasteiger partial charge in [0.2, 0.25) is 0 Å². The van der Waals surface area contributed by atoms with Crippen LogP contribution in [-0.4, -0.2) is 15.3 Å². The monoisotopic (exact) mass is 173 g/mol. The van der Waals surface area contributed by atoms with Crippen molar-refractivity contribution in [2.45, 2.75) is 6.54 Å². The van der Waals surface area contributed by atoms with Crippen LogP contribution in [0.3, 0.4) is 0 Å². The van der Waals surface area contributed by atoms with Crippen molar-refractivity contribution in [3.8, 4) is 0 Å². The van der Waals surface area contributed by atoms with E-state index in [0.717, 1.165) is 11.3 Å². The van der Waals surface area contributed by atoms with Crippen molar-refractivity contribution in [3.05, 3.63) is 35.8 Å². The molecule has 0 unspecified atom stereocenters. The lowest BCUT2D eigenvalue weighted by molar-refractivity contribution is 0.0936. The minimum absolute atomic E-state index is 0.0314. The molecule has 1 amide bonds. The molecule has 0 spiro atoms. The third-order valence-corrected chi connectivity index (χ3v) is 2.27. The summed E-state index contributed by atoms with van der Waals surface area (Å²) in [6, 6.07) is 5.53. The second-order valence-electron chi connectivity index (χ2n) is 3.04. The molecule has 3 rings (SSSR count). The molecule has 2 aromatic heterocycles. The van der Waals surface area contributed by atoms with Crippen LogP contribution in [0.4, 0.5) is 0 Å². The van der Waals surface area contributed by atoms with Crippen LogP contribution in [0.5, 0.6) is 0 Å². The summed E-state index contributed by atoms with van der Waals surface area (Å²) >= 11 is 0. The Morgan fingerprint density at radius 1 is 1.46 bits per heavy atom. The molecule has 1 aliphatic heterocycles. The molecule has 0 saturated heterocycles. The van der Waals surface area contributed by atoms with E-state index in [-0.39, 0.29) is 5.91 Å². The van der Waals surface area contributed by atoms with Crippen molar-refractivity contribution in [2.75, 3.05) is 0 Å². The highest BCUT2D eigenvalue weighted by atomic mass is 16.2. The van der Waals surface area contributed by atoms with Gasteiger partial charge in [-0.05, 0) is 12.1 Å². The Morgan fingerprint density at radius 3 is 3.31 bits per heavy atom. The lowest BCUT2D eigenvalue weighted by Gasteiger charge is -2.14. The molecule has 64 valence electrons. The zero-order valence-electron chi connectivity index (χ0n) is 6.82. The van der Waals surface area contributed by atoms with Gasteiger partial charge in [-0.3, -0.25) is 9.20 Å². The Labute approximate surface area is 74.2 Å². The second kappa shape index (κ2) is 2.10. The van der Waals surface area contributed by atoms with Gasteiger partial charge in [0.05, 0.1) is 18.4 Å². The van der Waals surface area contributed by atoms with Crippen LogP contribution in [0.15, 0.2) is 24.4 Å². The predicted molar refractivity (Wildman–Crippen MR) is 46.4 cm³/mol. The van der Waals surface area contributed by atoms with E-state index in [1.165, 1.54) is 0 Å². The molecule has 0 atom stereocenters. The summed E-state index contributed by atoms with van der Waals surface area (Å²) in [6.07, 6.45) is 1.79. The first-order chi connectivity index (χ1) is 6.36. The van der Waals surface area contributed by atoms with Gasteiger partial charge < -0.3 is 5.32 Å². The van der Waals surface area contributed by atoms with E-state index in [0.29, 0.717) is 12.2 Å². The number of amides is 1. The first kappa shape index (κ1) is 6.65. The van der Waals surface area contributed by atoms with Crippen LogP contribution in [0.25, 0.3) is 5.65 Å². The zero-order valence-corrected chi connectivity index (χ0v) is 6.82. The molecule has 2 aromatic rings. The number of pyridine rings is 1. The fourth-order valence-corrected chi connectivity index (χ4v) is 1.66. The standard InChI is InChI=1S/C9H7N3O/c13-9-7-2-1-3-8-10-4-6(5-11-9)12(7)8/h1-4H,5H2,(H,11,13). The van der Waals surface area contributed by atoms with E-state index in [9.17, 15) is 4.79 Å². The number of rotatable bonds is 0. The maximum Gasteiger partial charge on any atom is 0.268 e. The summed E-state index contributed by atoms with van der Waals surface area (Å²) in [5.41, 5.74) is 2.53. The minimum atomic E-state index is -0.0314. The van der Waals surface area contributed by atoms with Crippen molar-refractivity contribution in [3.63, 3.8) is 0 Å². The van der Waals surface area contributed by atoms with Gasteiger partial charge in [-0.2, -0.15) is 0 Å². The van der Waals surface area contributed by atoms with Gasteiger partial charge >= 0.3 is 0 Å². The van der Waals surface area contributed by atoms with E-state index >= 15 is 0 Å². The number of aromatic nitrogens is 2. The minimum Gasteiger partial charge on any atom is -0.345 e. The van der Waals surface area contributed by atoms with E-state index in [1.807, 2.05) is 16.5 Å². The first-order valence-electron chi connectivity index (χ1n) is 4.10. The predicted octanol–water partition coefficient (Wildman–Crippen LogP) is 0.578. The van der Waals surface area contributed by atoms with E-state index in [2.05, 4.69) is 10.3 Å². The Balaban J connectivity index is 2.52. The van der Waals surface area contributed by atoms with E-state index in [4.69, 9.17) is 0 Å². The van der Waals surface area contributed by atoms with Gasteiger partial charge in [-0.1, -0.05) is 6.07 Å². The average molecular weight is 173 g/mol. The highest BCUT2D eigenvalue weighted by Crippen LogP contribution is 2.14. The molecule has 3 heterocycles. The van der Waals surface area contributed by atoms with Crippen molar-refractivity contribution in [1.29, 1.82) is 0 Å². The summed E-state index contributed by atoms with van der Waals surface area (Å²) in [7, 11) is 0. The Kier molecular flexibility index (Phi) is 1.07. The topological polar surface area (TPSA) is 46.4 Å². The van der Waals surface area contributed by atoms with Crippen molar-refractivity contribution >= 4 is 11.6 Å². The maximum absolute atomic E-state index is 11.4. The van der Waals surface area contributed by atoms with Crippen LogP contribution in [0.1, 0.15) is 16.2 Å². The van der Waals surface area contributed by atoms with Gasteiger partial charge in [0.15, 0.2) is 0 Å². The number of nitrogens with zero attached hydrogens (tertiary/aromatic N) is 2. The molecule has 0 aromatic carbocycles. The van der Waals surface area contributed by atoms with Gasteiger partial charge in [0.25, 0.3) is 5.91 Å². The van der Waals surface area contributed by atoms with Crippen LogP contribution < -0.4 is 5.32 Å². The Hall–Kier alpha value is -1.84. The molecular weight excluding hydrogens is 166 g/mol. The highest BCUT2D eigenvalue weighted by Gasteiger charge is 2.18. The summed E-state index contributed by atoms with van der Waals surface area (Å²) in [6.45, 7) is 0.566. The third kappa shape index (κ3) is 0.744. The number of hydrogen-bond acceptors (Lipinski definition) is 2. The summed E-state index contributed by atoms with van der Waals surface area (Å²) in [4.78, 5) is 15.6. The van der Waals surface area contributed by atoms with Crippen LogP contribution >= 0.6 is 0 Å². The smallest absolute Gasteiger partial charge is 0.268 e. The average Bonchev–Trinajstić information content (AvgIpc) is 2.57. The van der Waals surface area contributed by atoms with Gasteiger partial charge in [-0.15, -0.1) is 0 Å². The van der Waals surface area contributed by atoms with Crippen LogP contribution in [-0.2, 0) is 6.54 Å². The molecule has 0 saturated carbocycles. The molecule has 0 aliphatic carbocycles. The number of nitrogens with one attached hydrogen (secondary N) is 1. The molecule has 1 aliphatic rings. The Morgan fingerprint density at radius 2 is 2.38 bits per heavy atom. The number of carbonyl (C=O) groups excluding carboxylic acids is 1. The largest absolute Gasteiger partial charge is 0.345 e. The lowest BCUT2D eigenvalue weighted by atomic mass is 10.2. The quantitative estimate of drug-likeness (QED) is 0.633. The SMILES string of the molecule is O=C1NCc2cnc3cccc1n23. The van der Waals surface area contributed by atoms with E-state index in [1.54, 1.807) is 12.3 Å². The van der Waals surface area contributed by atoms with E-state index < -0.39 is 0 Å². The Bertz CT molecular complexity index is 501. The maximum atomic E-state index is 11.4. The van der Waals surface area contributed by atoms with Gasteiger partial charge in [0, 0.05) is 0 Å². The van der Waals surface area contributed by atoms with Crippen LogP contribution in [0, 0.1) is 0 Å². The lowest BCUT2D eigenvalue weighted by Crippen LogP contribution is -2.30. The molecule has 13 heavy (non-hydrogen) atoms. The molecule has 1 N–H and O–H groups in total. The zero-order chi connectivity index (χ0) is 8.84. The summed E-state index contributed by atoms with van der Waals surface area (Å²) in [5.74, 6) is -0.0314. The number of carbonyl (C=O) groups is 1. The van der Waals surface area contributed by atoms with Crippen LogP contribution in [0.2, 0.25) is 0 Å². The fraction of sp³-hybridized carbons (Fsp3) is 0.111. The third-order valence-electron chi connectivity index (χ3n) is 2.27. The molecule has 0 bridgehead atoms. The highest BCUT2D eigenvalue weighted by molar-refractivity contribution is 5.94. The molecular formula is C9H7N3O. The normalized spacial score (nSPS) is 14.6. The summed E-state index contributed by atoms with van der Waals surface area (Å²) in [5, 5.41) is 2.78. The number of imidazole rings is 1. The van der Waals surface area contributed by atoms with Gasteiger partial charge in [0.1, 0.15) is 11.3 Å². The molecule has 4 heteroatoms.